The molecule has 3 aromatic heterocycles. The van der Waals surface area contributed by atoms with Crippen molar-refractivity contribution >= 4 is 39.1 Å². The van der Waals surface area contributed by atoms with E-state index in [2.05, 4.69) is 15.4 Å². The molecule has 3 aromatic rings. The lowest BCUT2D eigenvalue weighted by Gasteiger charge is -2.06. The number of halogens is 1. The SMILES string of the molecule is CCNC(=O)c1sc2nc(C)c(Cl)c(C)c2c1-c1cnn(C)c1. The van der Waals surface area contributed by atoms with Crippen molar-refractivity contribution in [3.8, 4) is 11.1 Å². The van der Waals surface area contributed by atoms with Gasteiger partial charge in [0.05, 0.1) is 16.9 Å². The molecule has 0 aliphatic rings. The number of fused-ring (bicyclic) bond motifs is 1. The maximum absolute atomic E-state index is 12.5. The van der Waals surface area contributed by atoms with Gasteiger partial charge in [0.25, 0.3) is 5.91 Å². The summed E-state index contributed by atoms with van der Waals surface area (Å²) in [6.45, 7) is 6.32. The molecule has 1 amide bonds. The van der Waals surface area contributed by atoms with Crippen molar-refractivity contribution in [2.24, 2.45) is 7.05 Å². The predicted molar refractivity (Wildman–Crippen MR) is 94.3 cm³/mol. The fourth-order valence-corrected chi connectivity index (χ4v) is 4.01. The molecule has 0 aliphatic heterocycles. The number of amides is 1. The van der Waals surface area contributed by atoms with Gasteiger partial charge >= 0.3 is 0 Å². The molecule has 23 heavy (non-hydrogen) atoms. The van der Waals surface area contributed by atoms with Crippen molar-refractivity contribution in [1.29, 1.82) is 0 Å². The van der Waals surface area contributed by atoms with Crippen LogP contribution in [0.3, 0.4) is 0 Å². The number of thiophene rings is 1. The molecular formula is C16H17ClN4OS. The van der Waals surface area contributed by atoms with Crippen molar-refractivity contribution in [3.63, 3.8) is 0 Å². The molecule has 0 aliphatic carbocycles. The van der Waals surface area contributed by atoms with Crippen molar-refractivity contribution in [2.45, 2.75) is 20.8 Å². The summed E-state index contributed by atoms with van der Waals surface area (Å²) >= 11 is 7.79. The van der Waals surface area contributed by atoms with Gasteiger partial charge in [0.15, 0.2) is 0 Å². The van der Waals surface area contributed by atoms with Crippen LogP contribution in [0.5, 0.6) is 0 Å². The summed E-state index contributed by atoms with van der Waals surface area (Å²) in [4.78, 5) is 18.5. The molecule has 3 heterocycles. The number of nitrogens with zero attached hydrogens (tertiary/aromatic N) is 3. The minimum Gasteiger partial charge on any atom is -0.352 e. The quantitative estimate of drug-likeness (QED) is 0.784. The van der Waals surface area contributed by atoms with Crippen LogP contribution >= 0.6 is 22.9 Å². The lowest BCUT2D eigenvalue weighted by atomic mass is 10.0. The zero-order chi connectivity index (χ0) is 16.7. The third-order valence-corrected chi connectivity index (χ3v) is 5.36. The first-order valence-electron chi connectivity index (χ1n) is 7.30. The second-order valence-electron chi connectivity index (χ2n) is 5.38. The molecule has 0 aromatic carbocycles. The topological polar surface area (TPSA) is 59.8 Å². The van der Waals surface area contributed by atoms with E-state index in [0.717, 1.165) is 32.6 Å². The lowest BCUT2D eigenvalue weighted by molar-refractivity contribution is 0.0960. The third-order valence-electron chi connectivity index (χ3n) is 3.72. The summed E-state index contributed by atoms with van der Waals surface area (Å²) in [5.74, 6) is -0.0949. The zero-order valence-corrected chi connectivity index (χ0v) is 15.0. The van der Waals surface area contributed by atoms with E-state index in [4.69, 9.17) is 11.6 Å². The van der Waals surface area contributed by atoms with E-state index in [-0.39, 0.29) is 5.91 Å². The van der Waals surface area contributed by atoms with Crippen LogP contribution in [-0.2, 0) is 7.05 Å². The molecule has 0 unspecified atom stereocenters. The Bertz CT molecular complexity index is 913. The highest BCUT2D eigenvalue weighted by Crippen LogP contribution is 2.41. The highest BCUT2D eigenvalue weighted by atomic mass is 35.5. The van der Waals surface area contributed by atoms with E-state index in [9.17, 15) is 4.79 Å². The van der Waals surface area contributed by atoms with Gasteiger partial charge in [0.2, 0.25) is 0 Å². The van der Waals surface area contributed by atoms with Crippen LogP contribution in [0.25, 0.3) is 21.3 Å². The van der Waals surface area contributed by atoms with Crippen molar-refractivity contribution in [2.75, 3.05) is 6.54 Å². The monoisotopic (exact) mass is 348 g/mol. The van der Waals surface area contributed by atoms with Crippen LogP contribution in [0.15, 0.2) is 12.4 Å². The average Bonchev–Trinajstić information content (AvgIpc) is 3.08. The first-order valence-corrected chi connectivity index (χ1v) is 8.49. The molecule has 120 valence electrons. The van der Waals surface area contributed by atoms with Crippen molar-refractivity contribution in [1.82, 2.24) is 20.1 Å². The molecule has 0 spiro atoms. The molecule has 0 saturated carbocycles. The molecule has 0 radical (unpaired) electrons. The fraction of sp³-hybridized carbons (Fsp3) is 0.312. The number of carbonyl (C=O) groups excluding carboxylic acids is 1. The van der Waals surface area contributed by atoms with Crippen LogP contribution in [0, 0.1) is 13.8 Å². The molecule has 0 fully saturated rings. The molecule has 0 bridgehead atoms. The van der Waals surface area contributed by atoms with E-state index < -0.39 is 0 Å². The van der Waals surface area contributed by atoms with Gasteiger partial charge in [-0.3, -0.25) is 9.48 Å². The zero-order valence-electron chi connectivity index (χ0n) is 13.4. The number of hydrogen-bond donors (Lipinski definition) is 1. The number of aromatic nitrogens is 3. The van der Waals surface area contributed by atoms with Crippen LogP contribution in [0.2, 0.25) is 5.02 Å². The molecule has 1 N–H and O–H groups in total. The van der Waals surface area contributed by atoms with Crippen LogP contribution in [-0.4, -0.2) is 27.2 Å². The summed E-state index contributed by atoms with van der Waals surface area (Å²) in [6, 6.07) is 0. The Hall–Kier alpha value is -1.92. The Labute approximate surface area is 143 Å². The summed E-state index contributed by atoms with van der Waals surface area (Å²) in [6.07, 6.45) is 3.66. The van der Waals surface area contributed by atoms with Gasteiger partial charge in [-0.2, -0.15) is 5.10 Å². The highest BCUT2D eigenvalue weighted by Gasteiger charge is 2.24. The third kappa shape index (κ3) is 2.62. The maximum atomic E-state index is 12.5. The van der Waals surface area contributed by atoms with Gasteiger partial charge < -0.3 is 5.32 Å². The Morgan fingerprint density at radius 2 is 2.17 bits per heavy atom. The normalized spacial score (nSPS) is 11.2. The number of nitrogens with one attached hydrogen (secondary N) is 1. The summed E-state index contributed by atoms with van der Waals surface area (Å²) in [5.41, 5.74) is 3.47. The maximum Gasteiger partial charge on any atom is 0.262 e. The van der Waals surface area contributed by atoms with E-state index in [1.165, 1.54) is 11.3 Å². The van der Waals surface area contributed by atoms with Gasteiger partial charge in [0.1, 0.15) is 9.71 Å². The first-order chi connectivity index (χ1) is 10.9. The number of rotatable bonds is 3. The molecule has 5 nitrogen and oxygen atoms in total. The van der Waals surface area contributed by atoms with Gasteiger partial charge in [0, 0.05) is 36.3 Å². The van der Waals surface area contributed by atoms with Crippen LogP contribution in [0.1, 0.15) is 27.9 Å². The van der Waals surface area contributed by atoms with E-state index in [1.807, 2.05) is 34.0 Å². The second-order valence-corrected chi connectivity index (χ2v) is 6.76. The fourth-order valence-electron chi connectivity index (χ4n) is 2.65. The predicted octanol–water partition coefficient (Wildman–Crippen LogP) is 3.72. The smallest absolute Gasteiger partial charge is 0.262 e. The minimum absolute atomic E-state index is 0.0949. The first kappa shape index (κ1) is 16.0. The largest absolute Gasteiger partial charge is 0.352 e. The van der Waals surface area contributed by atoms with E-state index >= 15 is 0 Å². The van der Waals surface area contributed by atoms with Crippen molar-refractivity contribution in [3.05, 3.63) is 33.6 Å². The minimum atomic E-state index is -0.0949. The number of carbonyl (C=O) groups is 1. The van der Waals surface area contributed by atoms with Gasteiger partial charge in [-0.1, -0.05) is 11.6 Å². The molecule has 3 rings (SSSR count). The number of hydrogen-bond acceptors (Lipinski definition) is 4. The Morgan fingerprint density at radius 1 is 1.43 bits per heavy atom. The van der Waals surface area contributed by atoms with Gasteiger partial charge in [-0.25, -0.2) is 4.98 Å². The number of pyridine rings is 1. The van der Waals surface area contributed by atoms with Gasteiger partial charge in [-0.05, 0) is 26.3 Å². The van der Waals surface area contributed by atoms with Crippen LogP contribution in [0.4, 0.5) is 0 Å². The van der Waals surface area contributed by atoms with Crippen molar-refractivity contribution < 1.29 is 4.79 Å². The van der Waals surface area contributed by atoms with Crippen LogP contribution < -0.4 is 5.32 Å². The summed E-state index contributed by atoms with van der Waals surface area (Å²) < 4.78 is 1.72. The molecular weight excluding hydrogens is 332 g/mol. The molecule has 0 atom stereocenters. The van der Waals surface area contributed by atoms with E-state index in [0.29, 0.717) is 16.4 Å². The Balaban J connectivity index is 2.38. The molecule has 0 saturated heterocycles. The highest BCUT2D eigenvalue weighted by molar-refractivity contribution is 7.21. The van der Waals surface area contributed by atoms with Gasteiger partial charge in [-0.15, -0.1) is 11.3 Å². The lowest BCUT2D eigenvalue weighted by Crippen LogP contribution is -2.22. The standard InChI is InChI=1S/C16H17ClN4OS/c1-5-18-15(22)14-12(10-6-19-21(4)7-10)11-8(2)13(17)9(3)20-16(11)23-14/h6-7H,5H2,1-4H3,(H,18,22). The summed E-state index contributed by atoms with van der Waals surface area (Å²) in [7, 11) is 1.85. The average molecular weight is 349 g/mol. The number of aryl methyl sites for hydroxylation is 3. The Kier molecular flexibility index (Phi) is 4.12. The Morgan fingerprint density at radius 3 is 2.78 bits per heavy atom. The molecule has 7 heteroatoms. The van der Waals surface area contributed by atoms with E-state index in [1.54, 1.807) is 10.9 Å². The second kappa shape index (κ2) is 5.94. The summed E-state index contributed by atoms with van der Waals surface area (Å²) in [5, 5.41) is 8.68.